The van der Waals surface area contributed by atoms with Crippen LogP contribution in [0.3, 0.4) is 0 Å². The normalized spacial score (nSPS) is 12.3. The van der Waals surface area contributed by atoms with Crippen molar-refractivity contribution in [3.8, 4) is 11.8 Å². The van der Waals surface area contributed by atoms with Crippen molar-refractivity contribution in [2.45, 2.75) is 26.0 Å². The summed E-state index contributed by atoms with van der Waals surface area (Å²) >= 11 is 1.71. The first-order chi connectivity index (χ1) is 8.65. The summed E-state index contributed by atoms with van der Waals surface area (Å²) in [5.74, 6) is 5.99. The van der Waals surface area contributed by atoms with E-state index in [1.807, 2.05) is 6.07 Å². The number of aliphatic hydroxyl groups excluding tert-OH is 1. The van der Waals surface area contributed by atoms with Gasteiger partial charge in [0.1, 0.15) is 0 Å². The number of hydrogen-bond donors (Lipinski definition) is 1. The third kappa shape index (κ3) is 5.65. The number of likely N-dealkylation sites (N-methyl/N-ethyl adjacent to an activating group) is 1. The summed E-state index contributed by atoms with van der Waals surface area (Å²) in [7, 11) is 3.82. The first-order valence-electron chi connectivity index (χ1n) is 6.05. The average Bonchev–Trinajstić information content (AvgIpc) is 2.76. The molecule has 0 aliphatic carbocycles. The molecule has 4 heteroatoms. The predicted octanol–water partition coefficient (Wildman–Crippen LogP) is 1.95. The molecule has 1 rings (SSSR count). The number of thiophene rings is 1. The third-order valence-electron chi connectivity index (χ3n) is 2.51. The Balaban J connectivity index is 2.46. The van der Waals surface area contributed by atoms with E-state index in [1.54, 1.807) is 18.4 Å². The Morgan fingerprint density at radius 2 is 2.28 bits per heavy atom. The van der Waals surface area contributed by atoms with Gasteiger partial charge in [-0.15, -0.1) is 11.3 Å². The zero-order valence-corrected chi connectivity index (χ0v) is 12.1. The summed E-state index contributed by atoms with van der Waals surface area (Å²) in [4.78, 5) is 4.60. The van der Waals surface area contributed by atoms with Crippen LogP contribution in [0.4, 0.5) is 0 Å². The lowest BCUT2D eigenvalue weighted by molar-refractivity contribution is 0.0840. The van der Waals surface area contributed by atoms with E-state index < -0.39 is 0 Å². The van der Waals surface area contributed by atoms with E-state index in [0.29, 0.717) is 6.42 Å². The van der Waals surface area contributed by atoms with Crippen molar-refractivity contribution in [2.75, 3.05) is 27.3 Å². The monoisotopic (exact) mass is 267 g/mol. The number of nitrogens with zero attached hydrogens (tertiary/aromatic N) is 1. The van der Waals surface area contributed by atoms with Crippen molar-refractivity contribution in [1.82, 2.24) is 4.90 Å². The maximum Gasteiger partial charge on any atom is 0.0771 e. The maximum atomic E-state index is 8.66. The molecule has 0 fully saturated rings. The lowest BCUT2D eigenvalue weighted by atomic mass is 10.3. The molecule has 18 heavy (non-hydrogen) atoms. The molecule has 1 atom stereocenters. The van der Waals surface area contributed by atoms with E-state index in [1.165, 1.54) is 4.88 Å². The summed E-state index contributed by atoms with van der Waals surface area (Å²) < 4.78 is 5.24. The minimum atomic E-state index is 0.128. The largest absolute Gasteiger partial charge is 0.395 e. The van der Waals surface area contributed by atoms with Gasteiger partial charge in [-0.2, -0.15) is 0 Å². The molecule has 1 aromatic rings. The van der Waals surface area contributed by atoms with E-state index in [0.717, 1.165) is 18.0 Å². The van der Waals surface area contributed by atoms with Gasteiger partial charge in [-0.25, -0.2) is 0 Å². The summed E-state index contributed by atoms with van der Waals surface area (Å²) in [6, 6.07) is 4.15. The van der Waals surface area contributed by atoms with Gasteiger partial charge in [0, 0.05) is 31.5 Å². The molecular weight excluding hydrogens is 246 g/mol. The SMILES string of the molecule is COC(C)CN(C)Cc1ccc(C#CCCO)s1. The highest BCUT2D eigenvalue weighted by Crippen LogP contribution is 2.17. The molecule has 1 aromatic heterocycles. The molecule has 1 unspecified atom stereocenters. The minimum absolute atomic E-state index is 0.128. The van der Waals surface area contributed by atoms with Crippen LogP contribution < -0.4 is 0 Å². The van der Waals surface area contributed by atoms with Gasteiger partial charge >= 0.3 is 0 Å². The molecule has 100 valence electrons. The van der Waals surface area contributed by atoms with Gasteiger partial charge < -0.3 is 9.84 Å². The first-order valence-corrected chi connectivity index (χ1v) is 6.87. The van der Waals surface area contributed by atoms with Crippen LogP contribution in [0.15, 0.2) is 12.1 Å². The summed E-state index contributed by atoms with van der Waals surface area (Å²) in [5.41, 5.74) is 0. The number of ether oxygens (including phenoxy) is 1. The second kappa shape index (κ2) is 8.28. The van der Waals surface area contributed by atoms with Gasteiger partial charge in [0.2, 0.25) is 0 Å². The lowest BCUT2D eigenvalue weighted by Gasteiger charge is -2.19. The van der Waals surface area contributed by atoms with Gasteiger partial charge in [-0.05, 0) is 26.1 Å². The Kier molecular flexibility index (Phi) is 6.99. The Morgan fingerprint density at radius 3 is 2.94 bits per heavy atom. The average molecular weight is 267 g/mol. The second-order valence-electron chi connectivity index (χ2n) is 4.28. The van der Waals surface area contributed by atoms with Crippen LogP contribution in [0.5, 0.6) is 0 Å². The number of aliphatic hydroxyl groups is 1. The van der Waals surface area contributed by atoms with Crippen LogP contribution in [-0.4, -0.2) is 43.4 Å². The first kappa shape index (κ1) is 15.2. The van der Waals surface area contributed by atoms with Crippen LogP contribution in [0.2, 0.25) is 0 Å². The maximum absolute atomic E-state index is 8.66. The smallest absolute Gasteiger partial charge is 0.0771 e. The van der Waals surface area contributed by atoms with Crippen LogP contribution in [0, 0.1) is 11.8 Å². The molecule has 1 heterocycles. The van der Waals surface area contributed by atoms with Crippen molar-refractivity contribution in [2.24, 2.45) is 0 Å². The minimum Gasteiger partial charge on any atom is -0.395 e. The quantitative estimate of drug-likeness (QED) is 0.800. The van der Waals surface area contributed by atoms with E-state index in [-0.39, 0.29) is 12.7 Å². The lowest BCUT2D eigenvalue weighted by Crippen LogP contribution is -2.27. The number of methoxy groups -OCH3 is 1. The summed E-state index contributed by atoms with van der Waals surface area (Å²) in [5, 5.41) is 8.66. The second-order valence-corrected chi connectivity index (χ2v) is 5.45. The molecule has 1 N–H and O–H groups in total. The Bertz CT molecular complexity index is 405. The van der Waals surface area contributed by atoms with Crippen molar-refractivity contribution >= 4 is 11.3 Å². The van der Waals surface area contributed by atoms with Gasteiger partial charge in [0.05, 0.1) is 17.6 Å². The molecular formula is C14H21NO2S. The molecule has 0 bridgehead atoms. The highest BCUT2D eigenvalue weighted by molar-refractivity contribution is 7.12. The highest BCUT2D eigenvalue weighted by Gasteiger charge is 2.07. The standard InChI is InChI=1S/C14H21NO2S/c1-12(17-3)10-15(2)11-14-8-7-13(18-14)6-4-5-9-16/h7-8,12,16H,5,9-11H2,1-3H3. The van der Waals surface area contributed by atoms with Crippen molar-refractivity contribution < 1.29 is 9.84 Å². The summed E-state index contributed by atoms with van der Waals surface area (Å²) in [6.07, 6.45) is 0.789. The van der Waals surface area contributed by atoms with Crippen molar-refractivity contribution in [3.63, 3.8) is 0 Å². The molecule has 0 aromatic carbocycles. The Hall–Kier alpha value is -0.860. The molecule has 0 radical (unpaired) electrons. The molecule has 0 amide bonds. The highest BCUT2D eigenvalue weighted by atomic mass is 32.1. The van der Waals surface area contributed by atoms with Gasteiger partial charge in [0.15, 0.2) is 0 Å². The zero-order valence-electron chi connectivity index (χ0n) is 11.3. The fourth-order valence-electron chi connectivity index (χ4n) is 1.58. The van der Waals surface area contributed by atoms with Crippen molar-refractivity contribution in [3.05, 3.63) is 21.9 Å². The number of rotatable bonds is 6. The molecule has 3 nitrogen and oxygen atoms in total. The van der Waals surface area contributed by atoms with Crippen molar-refractivity contribution in [1.29, 1.82) is 0 Å². The predicted molar refractivity (Wildman–Crippen MR) is 75.7 cm³/mol. The Morgan fingerprint density at radius 1 is 1.50 bits per heavy atom. The van der Waals surface area contributed by atoms with Crippen LogP contribution in [0.25, 0.3) is 0 Å². The topological polar surface area (TPSA) is 32.7 Å². The molecule has 0 spiro atoms. The van der Waals surface area contributed by atoms with E-state index in [4.69, 9.17) is 9.84 Å². The molecule has 0 saturated carbocycles. The zero-order chi connectivity index (χ0) is 13.4. The molecule has 0 saturated heterocycles. The van der Waals surface area contributed by atoms with Gasteiger partial charge in [-0.1, -0.05) is 11.8 Å². The fourth-order valence-corrected chi connectivity index (χ4v) is 2.54. The number of hydrogen-bond acceptors (Lipinski definition) is 4. The van der Waals surface area contributed by atoms with Crippen LogP contribution in [0.1, 0.15) is 23.1 Å². The molecule has 0 aliphatic rings. The summed E-state index contributed by atoms with van der Waals surface area (Å²) in [6.45, 7) is 4.03. The Labute approximate surface area is 113 Å². The van der Waals surface area contributed by atoms with Crippen LogP contribution in [-0.2, 0) is 11.3 Å². The third-order valence-corrected chi connectivity index (χ3v) is 3.49. The molecule has 0 aliphatic heterocycles. The van der Waals surface area contributed by atoms with Gasteiger partial charge in [-0.3, -0.25) is 4.90 Å². The van der Waals surface area contributed by atoms with E-state index >= 15 is 0 Å². The van der Waals surface area contributed by atoms with Crippen LogP contribution >= 0.6 is 11.3 Å². The van der Waals surface area contributed by atoms with E-state index in [9.17, 15) is 0 Å². The van der Waals surface area contributed by atoms with Gasteiger partial charge in [0.25, 0.3) is 0 Å². The van der Waals surface area contributed by atoms with E-state index in [2.05, 4.69) is 36.8 Å². The fraction of sp³-hybridized carbons (Fsp3) is 0.571.